The number of rotatable bonds is 15. The van der Waals surface area contributed by atoms with Gasteiger partial charge in [0, 0.05) is 169 Å². The van der Waals surface area contributed by atoms with Crippen LogP contribution in [-0.2, 0) is 88.5 Å². The highest BCUT2D eigenvalue weighted by molar-refractivity contribution is 6.21. The van der Waals surface area contributed by atoms with Crippen LogP contribution >= 0.6 is 0 Å². The highest BCUT2D eigenvalue weighted by Gasteiger charge is 2.70. The molecule has 4 aliphatic carbocycles. The SMILES string of the molecule is CCC(=O)[C@@H]1C[C@@]23C[C@H]2N1C(=O)Cn1nc(C(C)=O)c2cc(CC(C)C)cc(c21)C/C=C/CCCC(=O)N(C)C3.CCC(=O)[C@@H]1C[C@@]23C[C@H]2N1C(=O)Cn1nc(C(C)=O)c2cc(NC)cc(c21)C/C=C/CCCC(=O)N(C)C3.[B]CC(=O)[C@@H]1C[C@@]23C[C@H]2N1C(=O)Cn1nc(C(C)=O)c2cc(NCC4CCCCC4)cc(c21)C/C=C/CCCC(=O)N(C)C3. The first-order chi connectivity index (χ1) is 58.4. The second kappa shape index (κ2) is 36.7. The van der Waals surface area contributed by atoms with Gasteiger partial charge in [-0.1, -0.05) is 89.5 Å². The highest BCUT2D eigenvalue weighted by atomic mass is 16.2. The summed E-state index contributed by atoms with van der Waals surface area (Å²) in [5, 5.41) is 23.1. The second-order valence-electron chi connectivity index (χ2n) is 37.2. The number of hydrogen-bond donors (Lipinski definition) is 2. The van der Waals surface area contributed by atoms with E-state index in [1.165, 1.54) is 52.9 Å². The molecule has 27 heteroatoms. The maximum atomic E-state index is 14.1. The Kier molecular flexibility index (Phi) is 26.5. The molecule has 10 aliphatic rings. The Bertz CT molecular complexity index is 5240. The molecule has 3 aromatic heterocycles. The van der Waals surface area contributed by atoms with E-state index in [1.807, 2.05) is 60.2 Å². The van der Waals surface area contributed by atoms with Gasteiger partial charge in [0.05, 0.1) is 42.5 Å². The van der Waals surface area contributed by atoms with Crippen molar-refractivity contribution in [2.45, 2.75) is 278 Å². The third-order valence-electron chi connectivity index (χ3n) is 27.8. The molecule has 26 nitrogen and oxygen atoms in total. The van der Waals surface area contributed by atoms with Gasteiger partial charge in [0.15, 0.2) is 28.9 Å². The molecule has 3 saturated heterocycles. The topological polar surface area (TPSA) is 302 Å². The second-order valence-corrected chi connectivity index (χ2v) is 37.2. The molecule has 16 rings (SSSR count). The van der Waals surface area contributed by atoms with Gasteiger partial charge in [0.1, 0.15) is 42.5 Å². The monoisotopic (exact) mass is 1660 g/mol. The van der Waals surface area contributed by atoms with Crippen molar-refractivity contribution in [1.29, 1.82) is 0 Å². The van der Waals surface area contributed by atoms with Gasteiger partial charge < -0.3 is 40.0 Å². The van der Waals surface area contributed by atoms with Gasteiger partial charge in [-0.15, -0.1) is 0 Å². The maximum absolute atomic E-state index is 14.1. The van der Waals surface area contributed by atoms with Gasteiger partial charge in [-0.25, -0.2) is 0 Å². The zero-order valence-corrected chi connectivity index (χ0v) is 73.4. The number of hydrogen-bond acceptors (Lipinski definition) is 17. The van der Waals surface area contributed by atoms with E-state index in [-0.39, 0.29) is 130 Å². The number of carbonyl (C=O) groups is 12. The fraction of sp³-hybridized carbons (Fsp3) is 0.589. The van der Waals surface area contributed by atoms with Crippen LogP contribution in [0.5, 0.6) is 0 Å². The number of nitrogens with one attached hydrogen (secondary N) is 2. The smallest absolute Gasteiger partial charge is 0.245 e. The minimum atomic E-state index is -0.610. The Hall–Kier alpha value is -10.2. The number of ketones is 6. The predicted molar refractivity (Wildman–Crippen MR) is 470 cm³/mol. The number of piperidine rings is 3. The van der Waals surface area contributed by atoms with Crippen LogP contribution in [0.2, 0.25) is 6.32 Å². The van der Waals surface area contributed by atoms with Crippen molar-refractivity contribution in [2.24, 2.45) is 28.1 Å². The lowest BCUT2D eigenvalue weighted by Crippen LogP contribution is -2.44. The molecule has 122 heavy (non-hydrogen) atoms. The molecule has 0 spiro atoms. The lowest BCUT2D eigenvalue weighted by molar-refractivity contribution is -0.139. The Morgan fingerprint density at radius 2 is 0.820 bits per heavy atom. The molecular formula is C95H123BN14O12. The van der Waals surface area contributed by atoms with Crippen molar-refractivity contribution in [3.05, 3.63) is 112 Å². The molecule has 0 unspecified atom stereocenters. The summed E-state index contributed by atoms with van der Waals surface area (Å²) < 4.78 is 5.02. The number of amides is 6. The van der Waals surface area contributed by atoms with Crippen molar-refractivity contribution >= 4 is 122 Å². The van der Waals surface area contributed by atoms with E-state index in [0.29, 0.717) is 125 Å². The maximum Gasteiger partial charge on any atom is 0.245 e. The first-order valence-corrected chi connectivity index (χ1v) is 44.9. The molecule has 7 fully saturated rings. The fourth-order valence-electron chi connectivity index (χ4n) is 21.4. The van der Waals surface area contributed by atoms with Crippen LogP contribution < -0.4 is 10.6 Å². The summed E-state index contributed by atoms with van der Waals surface area (Å²) in [6, 6.07) is 10.5. The molecule has 9 heterocycles. The largest absolute Gasteiger partial charge is 0.388 e. The van der Waals surface area contributed by atoms with Crippen LogP contribution in [0.25, 0.3) is 32.7 Å². The van der Waals surface area contributed by atoms with E-state index in [4.69, 9.17) is 18.0 Å². The van der Waals surface area contributed by atoms with Crippen molar-refractivity contribution in [3.8, 4) is 0 Å². The van der Waals surface area contributed by atoms with Crippen molar-refractivity contribution in [3.63, 3.8) is 0 Å². The van der Waals surface area contributed by atoms with E-state index in [9.17, 15) is 57.5 Å². The van der Waals surface area contributed by atoms with Gasteiger partial charge in [-0.3, -0.25) is 71.6 Å². The average molecular weight is 1660 g/mol. The van der Waals surface area contributed by atoms with Crippen molar-refractivity contribution < 1.29 is 57.5 Å². The van der Waals surface area contributed by atoms with Crippen LogP contribution in [0.15, 0.2) is 72.9 Å². The molecule has 9 atom stereocenters. The molecule has 2 N–H and O–H groups in total. The molecular weight excluding hydrogens is 1540 g/mol. The number of Topliss-reactive ketones (excluding diaryl/α,β-unsaturated/α-hetero) is 6. The van der Waals surface area contributed by atoms with Crippen molar-refractivity contribution in [2.75, 3.05) is 65.0 Å². The molecule has 6 amide bonds. The van der Waals surface area contributed by atoms with Crippen LogP contribution in [-0.4, -0.2) is 227 Å². The third kappa shape index (κ3) is 18.3. The minimum absolute atomic E-state index is 0.0289. The lowest BCUT2D eigenvalue weighted by Gasteiger charge is -2.27. The van der Waals surface area contributed by atoms with Gasteiger partial charge in [-0.2, -0.15) is 15.3 Å². The summed E-state index contributed by atoms with van der Waals surface area (Å²) in [7, 11) is 13.1. The molecule has 2 radical (unpaired) electrons. The van der Waals surface area contributed by atoms with E-state index < -0.39 is 18.1 Å². The number of anilines is 2. The average Bonchev–Trinajstić information content (AvgIpc) is 1.54. The van der Waals surface area contributed by atoms with E-state index in [0.717, 1.165) is 132 Å². The molecule has 6 aromatic rings. The van der Waals surface area contributed by atoms with E-state index in [2.05, 4.69) is 84.2 Å². The zero-order chi connectivity index (χ0) is 87.0. The molecule has 6 aliphatic heterocycles. The molecule has 648 valence electrons. The third-order valence-corrected chi connectivity index (χ3v) is 27.8. The molecule has 4 saturated carbocycles. The first kappa shape index (κ1) is 88.1. The summed E-state index contributed by atoms with van der Waals surface area (Å²) >= 11 is 0. The summed E-state index contributed by atoms with van der Waals surface area (Å²) in [4.78, 5) is 168. The number of allylic oxidation sites excluding steroid dienone is 6. The van der Waals surface area contributed by atoms with Crippen LogP contribution in [0.4, 0.5) is 11.4 Å². The number of nitrogens with zero attached hydrogens (tertiary/aromatic N) is 12. The summed E-state index contributed by atoms with van der Waals surface area (Å²) in [6.07, 6.45) is 32.3. The lowest BCUT2D eigenvalue weighted by atomic mass is 9.89. The standard InChI is InChI=1S/C34H44BN5O4.C32H42N4O4.C29H37N5O4/c1-22(41)32-26-15-25(36-19-23-10-6-5-7-11-23)14-24-12-8-3-4-9-13-30(43)38(2)21-34-16-27(28(42)18-35)40(29(34)17-34)31(44)20-39(37-32)33(24)26;1-6-26(38)25-16-32-17-27(32)36(25)29(40)18-35-31-23(11-9-7-8-10-12-28(39)34(5)19-32)14-22(13-20(2)3)15-24(31)30(33-35)21(4)37;1-5-23(36)22-14-29-15-24(29)34(22)26(38)16-33-28-19(10-8-6-7-9-11-25(37)32(4)17-29)12-20(30-3)13-21(28)27(31-33)18(2)35/h3,8,14-15,23,27,29,36H,4-7,9-13,16-21H2,1-2H3;7,9,14-15,20,25,27H,6,8,10-13,16-19H2,1-5H3;6,8,12-13,22,24,30H,5,7,9-11,14-17H2,1-4H3/b8-3+;9-7+;8-6+/t27-,29+,34-;25-,27+,32-;22-,24+,29-/m000/s1. The van der Waals surface area contributed by atoms with Crippen LogP contribution in [0.3, 0.4) is 0 Å². The fourth-order valence-corrected chi connectivity index (χ4v) is 21.4. The molecule has 6 bridgehead atoms. The normalized spacial score (nSPS) is 26.8. The Morgan fingerprint density at radius 3 is 1.18 bits per heavy atom. The Morgan fingerprint density at radius 1 is 0.459 bits per heavy atom. The summed E-state index contributed by atoms with van der Waals surface area (Å²) in [5.41, 5.74) is 8.63. The first-order valence-electron chi connectivity index (χ1n) is 44.9. The van der Waals surface area contributed by atoms with E-state index in [1.54, 1.807) is 43.4 Å². The minimum Gasteiger partial charge on any atom is -0.388 e. The number of aromatic nitrogens is 6. The van der Waals surface area contributed by atoms with E-state index >= 15 is 0 Å². The quantitative estimate of drug-likeness (QED) is 0.0548. The summed E-state index contributed by atoms with van der Waals surface area (Å²) in [5.74, 6) is 0.363. The van der Waals surface area contributed by atoms with Gasteiger partial charge in [0.2, 0.25) is 35.4 Å². The highest BCUT2D eigenvalue weighted by Crippen LogP contribution is 2.63. The zero-order valence-electron chi connectivity index (χ0n) is 73.4. The molecule has 3 aromatic carbocycles. The van der Waals surface area contributed by atoms with Crippen LogP contribution in [0.1, 0.15) is 243 Å². The van der Waals surface area contributed by atoms with Gasteiger partial charge in [0.25, 0.3) is 0 Å². The predicted octanol–water partition coefficient (Wildman–Crippen LogP) is 12.4. The Labute approximate surface area is 717 Å². The number of benzene rings is 3. The Balaban J connectivity index is 0.000000150. The van der Waals surface area contributed by atoms with Gasteiger partial charge >= 0.3 is 0 Å². The van der Waals surface area contributed by atoms with Gasteiger partial charge in [-0.05, 0) is 186 Å². The summed E-state index contributed by atoms with van der Waals surface area (Å²) in [6.45, 7) is 14.9. The number of carbonyl (C=O) groups excluding carboxylic acids is 12. The van der Waals surface area contributed by atoms with Crippen LogP contribution in [0, 0.1) is 28.1 Å². The van der Waals surface area contributed by atoms with Crippen molar-refractivity contribution in [1.82, 2.24) is 58.7 Å².